The molecule has 212 valence electrons. The SMILES string of the molecule is C=C1CCN[C@@H]1c1nc2ccc(-c3ccc4c(c3)CCCc3[nH]c([C@@H]5CCCN5C(=O)OC(C)(C)C)nc3-4)cc2[nH]1. The van der Waals surface area contributed by atoms with Gasteiger partial charge in [-0.25, -0.2) is 14.8 Å². The van der Waals surface area contributed by atoms with Gasteiger partial charge in [-0.2, -0.15) is 0 Å². The number of aromatic amines is 2. The second-order valence-electron chi connectivity index (χ2n) is 12.7. The van der Waals surface area contributed by atoms with E-state index in [2.05, 4.69) is 58.3 Å². The molecule has 8 nitrogen and oxygen atoms in total. The number of amides is 1. The summed E-state index contributed by atoms with van der Waals surface area (Å²) in [5, 5.41) is 3.49. The molecule has 4 aromatic rings. The predicted molar refractivity (Wildman–Crippen MR) is 161 cm³/mol. The van der Waals surface area contributed by atoms with E-state index in [-0.39, 0.29) is 18.2 Å². The standard InChI is InChI=1S/C33H38N6O2/c1-19-14-15-34-28(19)31-35-24-13-11-21(18-26(24)37-31)20-10-12-23-22(17-20)7-5-8-25-29(23)38-30(36-25)27-9-6-16-39(27)32(40)41-33(2,3)4/h10-13,17-18,27-28,34H,1,5-9,14-16H2,2-4H3,(H,35,37)(H,36,38)/t27-,28-/m0/s1. The Bertz CT molecular complexity index is 1660. The summed E-state index contributed by atoms with van der Waals surface area (Å²) in [6.45, 7) is 11.6. The van der Waals surface area contributed by atoms with Gasteiger partial charge < -0.3 is 20.0 Å². The van der Waals surface area contributed by atoms with Gasteiger partial charge in [0.05, 0.1) is 28.8 Å². The normalized spacial score (nSPS) is 20.8. The van der Waals surface area contributed by atoms with Crippen LogP contribution in [-0.2, 0) is 17.6 Å². The summed E-state index contributed by atoms with van der Waals surface area (Å²) >= 11 is 0. The molecular formula is C33H38N6O2. The molecule has 41 heavy (non-hydrogen) atoms. The molecular weight excluding hydrogens is 512 g/mol. The smallest absolute Gasteiger partial charge is 0.410 e. The van der Waals surface area contributed by atoms with Crippen LogP contribution in [0.1, 0.15) is 81.4 Å². The number of nitrogens with zero attached hydrogens (tertiary/aromatic N) is 3. The van der Waals surface area contributed by atoms with E-state index in [0.717, 1.165) is 79.1 Å². The van der Waals surface area contributed by atoms with Crippen LogP contribution < -0.4 is 5.32 Å². The van der Waals surface area contributed by atoms with E-state index in [4.69, 9.17) is 14.7 Å². The molecule has 0 bridgehead atoms. The third kappa shape index (κ3) is 4.84. The Balaban J connectivity index is 1.18. The van der Waals surface area contributed by atoms with E-state index < -0.39 is 5.60 Å². The van der Waals surface area contributed by atoms with Crippen LogP contribution in [0.5, 0.6) is 0 Å². The fourth-order valence-corrected chi connectivity index (χ4v) is 6.55. The second-order valence-corrected chi connectivity index (χ2v) is 12.7. The molecule has 0 saturated carbocycles. The van der Waals surface area contributed by atoms with Gasteiger partial charge in [-0.15, -0.1) is 0 Å². The van der Waals surface area contributed by atoms with E-state index in [1.165, 1.54) is 27.8 Å². The molecule has 2 aromatic heterocycles. The molecule has 2 fully saturated rings. The Labute approximate surface area is 240 Å². The summed E-state index contributed by atoms with van der Waals surface area (Å²) in [6.07, 6.45) is 5.55. The second kappa shape index (κ2) is 9.87. The zero-order valence-electron chi connectivity index (χ0n) is 24.1. The average Bonchev–Trinajstić information content (AvgIpc) is 3.72. The predicted octanol–water partition coefficient (Wildman–Crippen LogP) is 6.77. The maximum Gasteiger partial charge on any atom is 0.410 e. The fraction of sp³-hybridized carbons (Fsp3) is 0.424. The van der Waals surface area contributed by atoms with Gasteiger partial charge in [0.1, 0.15) is 17.2 Å². The molecule has 4 heterocycles. The van der Waals surface area contributed by atoms with Gasteiger partial charge in [-0.3, -0.25) is 4.90 Å². The zero-order chi connectivity index (χ0) is 28.3. The topological polar surface area (TPSA) is 98.9 Å². The first kappa shape index (κ1) is 26.0. The Hall–Kier alpha value is -3.91. The van der Waals surface area contributed by atoms with Crippen molar-refractivity contribution in [3.63, 3.8) is 0 Å². The van der Waals surface area contributed by atoms with Crippen LogP contribution in [0.3, 0.4) is 0 Å². The van der Waals surface area contributed by atoms with Gasteiger partial charge in [0.2, 0.25) is 0 Å². The molecule has 1 amide bonds. The quantitative estimate of drug-likeness (QED) is 0.245. The number of aromatic nitrogens is 4. The number of hydrogen-bond acceptors (Lipinski definition) is 5. The lowest BCUT2D eigenvalue weighted by Crippen LogP contribution is -2.36. The fourth-order valence-electron chi connectivity index (χ4n) is 6.55. The number of fused-ring (bicyclic) bond motifs is 4. The Morgan fingerprint density at radius 3 is 2.63 bits per heavy atom. The number of H-pyrrole nitrogens is 2. The number of benzene rings is 2. The van der Waals surface area contributed by atoms with E-state index in [1.807, 2.05) is 25.7 Å². The van der Waals surface area contributed by atoms with Crippen LogP contribution in [0.2, 0.25) is 0 Å². The lowest BCUT2D eigenvalue weighted by molar-refractivity contribution is 0.0218. The van der Waals surface area contributed by atoms with Gasteiger partial charge in [-0.05, 0) is 94.7 Å². The molecule has 2 aromatic carbocycles. The maximum absolute atomic E-state index is 12.9. The molecule has 2 atom stereocenters. The van der Waals surface area contributed by atoms with Gasteiger partial charge in [0, 0.05) is 17.8 Å². The summed E-state index contributed by atoms with van der Waals surface area (Å²) in [5.74, 6) is 1.81. The monoisotopic (exact) mass is 550 g/mol. The summed E-state index contributed by atoms with van der Waals surface area (Å²) in [4.78, 5) is 31.9. The van der Waals surface area contributed by atoms with Crippen molar-refractivity contribution in [2.24, 2.45) is 0 Å². The van der Waals surface area contributed by atoms with Crippen molar-refractivity contribution in [3.8, 4) is 22.4 Å². The summed E-state index contributed by atoms with van der Waals surface area (Å²) in [5.41, 5.74) is 9.71. The highest BCUT2D eigenvalue weighted by Gasteiger charge is 2.36. The van der Waals surface area contributed by atoms with Crippen molar-refractivity contribution in [3.05, 3.63) is 71.5 Å². The van der Waals surface area contributed by atoms with Crippen LogP contribution in [-0.4, -0.2) is 49.6 Å². The molecule has 3 aliphatic rings. The van der Waals surface area contributed by atoms with Gasteiger partial charge in [0.15, 0.2) is 0 Å². The van der Waals surface area contributed by atoms with Crippen molar-refractivity contribution >= 4 is 17.1 Å². The molecule has 3 N–H and O–H groups in total. The highest BCUT2D eigenvalue weighted by Crippen LogP contribution is 2.38. The average molecular weight is 551 g/mol. The number of aryl methyl sites for hydroxylation is 2. The van der Waals surface area contributed by atoms with Crippen LogP contribution in [0.25, 0.3) is 33.4 Å². The summed E-state index contributed by atoms with van der Waals surface area (Å²) < 4.78 is 5.70. The first-order chi connectivity index (χ1) is 19.7. The Morgan fingerprint density at radius 2 is 1.83 bits per heavy atom. The Morgan fingerprint density at radius 1 is 1.00 bits per heavy atom. The van der Waals surface area contributed by atoms with E-state index in [9.17, 15) is 4.79 Å². The van der Waals surface area contributed by atoms with Crippen LogP contribution >= 0.6 is 0 Å². The third-order valence-electron chi connectivity index (χ3n) is 8.54. The zero-order valence-corrected chi connectivity index (χ0v) is 24.1. The number of hydrogen-bond donors (Lipinski definition) is 3. The number of ether oxygens (including phenoxy) is 1. The van der Waals surface area contributed by atoms with Crippen LogP contribution in [0, 0.1) is 0 Å². The molecule has 8 heteroatoms. The lowest BCUT2D eigenvalue weighted by atomic mass is 9.96. The van der Waals surface area contributed by atoms with Crippen molar-refractivity contribution in [2.45, 2.75) is 77.0 Å². The highest BCUT2D eigenvalue weighted by molar-refractivity contribution is 5.83. The molecule has 7 rings (SSSR count). The molecule has 0 unspecified atom stereocenters. The molecule has 2 aliphatic heterocycles. The highest BCUT2D eigenvalue weighted by atomic mass is 16.6. The number of likely N-dealkylation sites (tertiary alicyclic amines) is 1. The molecule has 1 aliphatic carbocycles. The van der Waals surface area contributed by atoms with Crippen molar-refractivity contribution in [1.82, 2.24) is 30.2 Å². The van der Waals surface area contributed by atoms with Crippen LogP contribution in [0.15, 0.2) is 48.6 Å². The van der Waals surface area contributed by atoms with E-state index >= 15 is 0 Å². The number of carbonyl (C=O) groups excluding carboxylic acids is 1. The number of rotatable bonds is 3. The maximum atomic E-state index is 12.9. The molecule has 0 radical (unpaired) electrons. The first-order valence-corrected chi connectivity index (χ1v) is 14.9. The van der Waals surface area contributed by atoms with Crippen molar-refractivity contribution in [1.29, 1.82) is 0 Å². The van der Waals surface area contributed by atoms with Gasteiger partial charge in [0.25, 0.3) is 0 Å². The lowest BCUT2D eigenvalue weighted by Gasteiger charge is -2.27. The number of imidazole rings is 2. The first-order valence-electron chi connectivity index (χ1n) is 14.9. The minimum atomic E-state index is -0.520. The van der Waals surface area contributed by atoms with Crippen molar-refractivity contribution in [2.75, 3.05) is 13.1 Å². The van der Waals surface area contributed by atoms with Crippen molar-refractivity contribution < 1.29 is 9.53 Å². The third-order valence-corrected chi connectivity index (χ3v) is 8.54. The minimum Gasteiger partial charge on any atom is -0.444 e. The summed E-state index contributed by atoms with van der Waals surface area (Å²) in [6, 6.07) is 13.2. The minimum absolute atomic E-state index is 0.0814. The van der Waals surface area contributed by atoms with Gasteiger partial charge in [-0.1, -0.05) is 36.4 Å². The molecule has 0 spiro atoms. The largest absolute Gasteiger partial charge is 0.444 e. The summed E-state index contributed by atoms with van der Waals surface area (Å²) in [7, 11) is 0. The Kier molecular flexibility index (Phi) is 6.27. The number of nitrogens with one attached hydrogen (secondary N) is 3. The number of carbonyl (C=O) groups is 1. The molecule has 2 saturated heterocycles. The van der Waals surface area contributed by atoms with E-state index in [0.29, 0.717) is 6.54 Å². The van der Waals surface area contributed by atoms with Gasteiger partial charge >= 0.3 is 6.09 Å². The van der Waals surface area contributed by atoms with Crippen LogP contribution in [0.4, 0.5) is 4.79 Å². The van der Waals surface area contributed by atoms with E-state index in [1.54, 1.807) is 0 Å².